The molecule has 0 bridgehead atoms. The quantitative estimate of drug-likeness (QED) is 0.813. The van der Waals surface area contributed by atoms with Crippen molar-refractivity contribution < 1.29 is 14.3 Å². The van der Waals surface area contributed by atoms with Crippen molar-refractivity contribution in [2.75, 3.05) is 26.0 Å². The molecule has 0 saturated heterocycles. The van der Waals surface area contributed by atoms with Crippen molar-refractivity contribution in [3.05, 3.63) is 57.5 Å². The number of rotatable bonds is 5. The third-order valence-electron chi connectivity index (χ3n) is 3.07. The maximum absolute atomic E-state index is 11.9. The smallest absolute Gasteiger partial charge is 0.262 e. The molecular weight excluding hydrogens is 396 g/mol. The zero-order valence-electron chi connectivity index (χ0n) is 13.2. The van der Waals surface area contributed by atoms with E-state index in [1.165, 1.54) is 4.90 Å². The van der Waals surface area contributed by atoms with Crippen LogP contribution in [0.4, 0.5) is 5.69 Å². The van der Waals surface area contributed by atoms with Crippen LogP contribution in [0.5, 0.6) is 5.75 Å². The van der Waals surface area contributed by atoms with E-state index in [9.17, 15) is 9.59 Å². The summed E-state index contributed by atoms with van der Waals surface area (Å²) in [7, 11) is 3.37. The summed E-state index contributed by atoms with van der Waals surface area (Å²) >= 11 is 9.17. The van der Waals surface area contributed by atoms with Crippen LogP contribution < -0.4 is 10.1 Å². The molecule has 2 aromatic rings. The molecule has 1 N–H and O–H groups in total. The van der Waals surface area contributed by atoms with Crippen LogP contribution in [-0.4, -0.2) is 37.4 Å². The van der Waals surface area contributed by atoms with Crippen LogP contribution in [0.2, 0.25) is 5.02 Å². The number of benzene rings is 2. The first-order chi connectivity index (χ1) is 11.4. The second-order valence-corrected chi connectivity index (χ2v) is 6.48. The van der Waals surface area contributed by atoms with Crippen molar-refractivity contribution in [3.8, 4) is 5.75 Å². The lowest BCUT2D eigenvalue weighted by Gasteiger charge is -2.11. The summed E-state index contributed by atoms with van der Waals surface area (Å²) in [6.45, 7) is -0.140. The Morgan fingerprint density at radius 2 is 1.83 bits per heavy atom. The second kappa shape index (κ2) is 8.17. The van der Waals surface area contributed by atoms with Crippen LogP contribution in [0.25, 0.3) is 0 Å². The lowest BCUT2D eigenvalue weighted by molar-refractivity contribution is -0.118. The Kier molecular flexibility index (Phi) is 6.23. The molecule has 0 saturated carbocycles. The first kappa shape index (κ1) is 18.3. The van der Waals surface area contributed by atoms with E-state index in [0.29, 0.717) is 26.5 Å². The average molecular weight is 412 g/mol. The van der Waals surface area contributed by atoms with Gasteiger partial charge in [-0.15, -0.1) is 0 Å². The number of halogens is 2. The molecular formula is C17H16BrClN2O3. The van der Waals surface area contributed by atoms with Gasteiger partial charge in [-0.05, 0) is 58.4 Å². The zero-order chi connectivity index (χ0) is 17.7. The van der Waals surface area contributed by atoms with Gasteiger partial charge in [-0.3, -0.25) is 9.59 Å². The number of amides is 2. The van der Waals surface area contributed by atoms with Gasteiger partial charge in [0.05, 0.1) is 4.47 Å². The van der Waals surface area contributed by atoms with Crippen LogP contribution in [0.3, 0.4) is 0 Å². The van der Waals surface area contributed by atoms with Gasteiger partial charge in [-0.25, -0.2) is 0 Å². The van der Waals surface area contributed by atoms with Crippen LogP contribution in [-0.2, 0) is 4.79 Å². The standard InChI is InChI=1S/C17H16BrClN2O3/c1-21(2)17(23)11-3-6-13(7-4-11)20-16(22)10-24-15-8-5-12(19)9-14(15)18/h3-9H,10H2,1-2H3,(H,20,22). The highest BCUT2D eigenvalue weighted by Gasteiger charge is 2.09. The van der Waals surface area contributed by atoms with Gasteiger partial charge in [0.15, 0.2) is 6.61 Å². The topological polar surface area (TPSA) is 58.6 Å². The van der Waals surface area contributed by atoms with E-state index in [2.05, 4.69) is 21.2 Å². The molecule has 2 aromatic carbocycles. The minimum Gasteiger partial charge on any atom is -0.483 e. The number of nitrogens with zero attached hydrogens (tertiary/aromatic N) is 1. The van der Waals surface area contributed by atoms with Crippen LogP contribution >= 0.6 is 27.5 Å². The Labute approximate surface area is 153 Å². The highest BCUT2D eigenvalue weighted by atomic mass is 79.9. The Balaban J connectivity index is 1.91. The number of hydrogen-bond donors (Lipinski definition) is 1. The Morgan fingerprint density at radius 1 is 1.17 bits per heavy atom. The zero-order valence-corrected chi connectivity index (χ0v) is 15.5. The summed E-state index contributed by atoms with van der Waals surface area (Å²) in [6.07, 6.45) is 0. The van der Waals surface area contributed by atoms with Crippen LogP contribution in [0.1, 0.15) is 10.4 Å². The highest BCUT2D eigenvalue weighted by molar-refractivity contribution is 9.10. The summed E-state index contributed by atoms with van der Waals surface area (Å²) in [5, 5.41) is 3.28. The Hall–Kier alpha value is -2.05. The molecule has 5 nitrogen and oxygen atoms in total. The van der Waals surface area contributed by atoms with E-state index in [0.717, 1.165) is 0 Å². The van der Waals surface area contributed by atoms with Crippen molar-refractivity contribution >= 4 is 45.0 Å². The average Bonchev–Trinajstić information content (AvgIpc) is 2.54. The molecule has 0 aromatic heterocycles. The second-order valence-electron chi connectivity index (χ2n) is 5.19. The van der Waals surface area contributed by atoms with Crippen molar-refractivity contribution in [3.63, 3.8) is 0 Å². The fourth-order valence-electron chi connectivity index (χ4n) is 1.89. The summed E-state index contributed by atoms with van der Waals surface area (Å²) in [4.78, 5) is 25.2. The molecule has 0 aliphatic carbocycles. The fourth-order valence-corrected chi connectivity index (χ4v) is 2.68. The molecule has 0 aliphatic heterocycles. The summed E-state index contributed by atoms with van der Waals surface area (Å²) in [6, 6.07) is 11.7. The largest absolute Gasteiger partial charge is 0.483 e. The normalized spacial score (nSPS) is 10.2. The molecule has 0 aliphatic rings. The maximum atomic E-state index is 11.9. The number of carbonyl (C=O) groups excluding carboxylic acids is 2. The summed E-state index contributed by atoms with van der Waals surface area (Å²) in [5.74, 6) is 0.133. The molecule has 0 atom stereocenters. The lowest BCUT2D eigenvalue weighted by atomic mass is 10.2. The minimum absolute atomic E-state index is 0.0937. The van der Waals surface area contributed by atoms with Gasteiger partial charge in [0.2, 0.25) is 0 Å². The molecule has 0 spiro atoms. The molecule has 7 heteroatoms. The monoisotopic (exact) mass is 410 g/mol. The van der Waals surface area contributed by atoms with E-state index in [4.69, 9.17) is 16.3 Å². The highest BCUT2D eigenvalue weighted by Crippen LogP contribution is 2.27. The first-order valence-electron chi connectivity index (χ1n) is 7.06. The summed E-state index contributed by atoms with van der Waals surface area (Å²) in [5.41, 5.74) is 1.15. The van der Waals surface area contributed by atoms with Crippen molar-refractivity contribution in [2.24, 2.45) is 0 Å². The number of nitrogens with one attached hydrogen (secondary N) is 1. The maximum Gasteiger partial charge on any atom is 0.262 e. The number of ether oxygens (including phenoxy) is 1. The van der Waals surface area contributed by atoms with Crippen LogP contribution in [0.15, 0.2) is 46.9 Å². The van der Waals surface area contributed by atoms with Gasteiger partial charge in [0.25, 0.3) is 11.8 Å². The minimum atomic E-state index is -0.302. The number of anilines is 1. The van der Waals surface area contributed by atoms with E-state index >= 15 is 0 Å². The van der Waals surface area contributed by atoms with E-state index in [1.807, 2.05) is 0 Å². The van der Waals surface area contributed by atoms with Gasteiger partial charge >= 0.3 is 0 Å². The number of carbonyl (C=O) groups is 2. The lowest BCUT2D eigenvalue weighted by Crippen LogP contribution is -2.22. The Morgan fingerprint density at radius 3 is 2.42 bits per heavy atom. The number of hydrogen-bond acceptors (Lipinski definition) is 3. The fraction of sp³-hybridized carbons (Fsp3) is 0.176. The van der Waals surface area contributed by atoms with Gasteiger partial charge in [0.1, 0.15) is 5.75 Å². The predicted octanol–water partition coefficient (Wildman–Crippen LogP) is 3.82. The van der Waals surface area contributed by atoms with E-state index in [-0.39, 0.29) is 18.4 Å². The molecule has 2 rings (SSSR count). The van der Waals surface area contributed by atoms with E-state index in [1.54, 1.807) is 56.6 Å². The summed E-state index contributed by atoms with van der Waals surface area (Å²) < 4.78 is 6.12. The van der Waals surface area contributed by atoms with E-state index < -0.39 is 0 Å². The third-order valence-corrected chi connectivity index (χ3v) is 3.93. The molecule has 2 amide bonds. The SMILES string of the molecule is CN(C)C(=O)c1ccc(NC(=O)COc2ccc(Cl)cc2Br)cc1. The van der Waals surface area contributed by atoms with Crippen molar-refractivity contribution in [1.29, 1.82) is 0 Å². The molecule has 126 valence electrons. The van der Waals surface area contributed by atoms with Gasteiger partial charge in [0, 0.05) is 30.4 Å². The van der Waals surface area contributed by atoms with Crippen molar-refractivity contribution in [2.45, 2.75) is 0 Å². The van der Waals surface area contributed by atoms with Gasteiger partial charge in [-0.1, -0.05) is 11.6 Å². The Bertz CT molecular complexity index is 748. The first-order valence-corrected chi connectivity index (χ1v) is 8.23. The molecule has 24 heavy (non-hydrogen) atoms. The third kappa shape index (κ3) is 4.97. The van der Waals surface area contributed by atoms with Gasteiger partial charge in [-0.2, -0.15) is 0 Å². The molecule has 0 unspecified atom stereocenters. The molecule has 0 heterocycles. The van der Waals surface area contributed by atoms with Crippen LogP contribution in [0, 0.1) is 0 Å². The van der Waals surface area contributed by atoms with Gasteiger partial charge < -0.3 is 15.0 Å². The predicted molar refractivity (Wildman–Crippen MR) is 97.7 cm³/mol. The molecule has 0 radical (unpaired) electrons. The molecule has 0 fully saturated rings. The van der Waals surface area contributed by atoms with Crippen molar-refractivity contribution in [1.82, 2.24) is 4.90 Å².